The van der Waals surface area contributed by atoms with Crippen molar-refractivity contribution in [2.45, 2.75) is 24.9 Å². The molecule has 0 unspecified atom stereocenters. The van der Waals surface area contributed by atoms with Crippen LogP contribution in [0.5, 0.6) is 0 Å². The first kappa shape index (κ1) is 13.4. The summed E-state index contributed by atoms with van der Waals surface area (Å²) >= 11 is 0. The van der Waals surface area contributed by atoms with E-state index >= 15 is 0 Å². The Balaban J connectivity index is 2.17. The van der Waals surface area contributed by atoms with Gasteiger partial charge in [0, 0.05) is 12.7 Å². The van der Waals surface area contributed by atoms with Crippen LogP contribution < -0.4 is 10.5 Å². The highest BCUT2D eigenvalue weighted by Crippen LogP contribution is 2.14. The Bertz CT molecular complexity index is 666. The number of rotatable bonds is 5. The fraction of sp³-hybridized carbons (Fsp3) is 0.300. The van der Waals surface area contributed by atoms with Gasteiger partial charge in [0.15, 0.2) is 0 Å². The highest BCUT2D eigenvalue weighted by molar-refractivity contribution is 7.89. The molecule has 9 heteroatoms. The van der Waals surface area contributed by atoms with Crippen molar-refractivity contribution in [3.63, 3.8) is 0 Å². The zero-order valence-electron chi connectivity index (χ0n) is 10.3. The average molecular weight is 282 g/mol. The van der Waals surface area contributed by atoms with Gasteiger partial charge < -0.3 is 10.3 Å². The predicted octanol–water partition coefficient (Wildman–Crippen LogP) is -0.246. The lowest BCUT2D eigenvalue weighted by atomic mass is 10.5. The number of nitrogens with two attached hydrogens (primary N) is 1. The van der Waals surface area contributed by atoms with E-state index in [0.29, 0.717) is 12.4 Å². The van der Waals surface area contributed by atoms with Gasteiger partial charge in [-0.15, -0.1) is 10.2 Å². The number of anilines is 1. The minimum Gasteiger partial charge on any atom is -0.383 e. The molecule has 0 aromatic carbocycles. The van der Waals surface area contributed by atoms with E-state index in [2.05, 4.69) is 19.9 Å². The van der Waals surface area contributed by atoms with Gasteiger partial charge >= 0.3 is 0 Å². The molecule has 0 atom stereocenters. The standard InChI is InChI=1S/C10H14N6O2S/c1-2-16-7-13-15-9(16)6-14-19(17,18)8-4-3-5-12-10(8)11/h3-5,7,14H,2,6H2,1H3,(H2,11,12). The summed E-state index contributed by atoms with van der Waals surface area (Å²) in [7, 11) is -3.71. The van der Waals surface area contributed by atoms with Gasteiger partial charge in [-0.2, -0.15) is 0 Å². The second kappa shape index (κ2) is 5.33. The Morgan fingerprint density at radius 2 is 2.26 bits per heavy atom. The molecule has 2 heterocycles. The van der Waals surface area contributed by atoms with E-state index in [1.165, 1.54) is 18.3 Å². The van der Waals surface area contributed by atoms with Crippen molar-refractivity contribution in [1.82, 2.24) is 24.5 Å². The third-order valence-electron chi connectivity index (χ3n) is 2.55. The lowest BCUT2D eigenvalue weighted by Gasteiger charge is -2.08. The van der Waals surface area contributed by atoms with Gasteiger partial charge in [0.05, 0.1) is 6.54 Å². The van der Waals surface area contributed by atoms with E-state index in [1.54, 1.807) is 10.9 Å². The first-order valence-electron chi connectivity index (χ1n) is 5.61. The van der Waals surface area contributed by atoms with Crippen LogP contribution in [0, 0.1) is 0 Å². The maximum Gasteiger partial charge on any atom is 0.244 e. The largest absolute Gasteiger partial charge is 0.383 e. The average Bonchev–Trinajstić information content (AvgIpc) is 2.84. The van der Waals surface area contributed by atoms with Crippen LogP contribution in [0.2, 0.25) is 0 Å². The van der Waals surface area contributed by atoms with Crippen molar-refractivity contribution >= 4 is 15.8 Å². The third-order valence-corrected chi connectivity index (χ3v) is 3.99. The summed E-state index contributed by atoms with van der Waals surface area (Å²) in [5.41, 5.74) is 5.55. The molecule has 102 valence electrons. The van der Waals surface area contributed by atoms with Gasteiger partial charge in [0.1, 0.15) is 22.9 Å². The van der Waals surface area contributed by atoms with E-state index in [4.69, 9.17) is 5.73 Å². The van der Waals surface area contributed by atoms with E-state index in [1.807, 2.05) is 6.92 Å². The highest BCUT2D eigenvalue weighted by atomic mass is 32.2. The Hall–Kier alpha value is -2.00. The predicted molar refractivity (Wildman–Crippen MR) is 68.4 cm³/mol. The van der Waals surface area contributed by atoms with Crippen molar-refractivity contribution in [2.24, 2.45) is 0 Å². The summed E-state index contributed by atoms with van der Waals surface area (Å²) in [6.07, 6.45) is 2.98. The summed E-state index contributed by atoms with van der Waals surface area (Å²) in [5, 5.41) is 7.57. The number of hydrogen-bond donors (Lipinski definition) is 2. The van der Waals surface area contributed by atoms with Gasteiger partial charge in [-0.05, 0) is 19.1 Å². The number of pyridine rings is 1. The van der Waals surface area contributed by atoms with Crippen LogP contribution in [0.15, 0.2) is 29.6 Å². The lowest BCUT2D eigenvalue weighted by Crippen LogP contribution is -2.26. The van der Waals surface area contributed by atoms with Crippen LogP contribution in [0.3, 0.4) is 0 Å². The molecule has 0 bridgehead atoms. The number of aromatic nitrogens is 4. The molecule has 0 fully saturated rings. The van der Waals surface area contributed by atoms with Crippen LogP contribution in [0.25, 0.3) is 0 Å². The van der Waals surface area contributed by atoms with E-state index in [0.717, 1.165) is 0 Å². The summed E-state index contributed by atoms with van der Waals surface area (Å²) < 4.78 is 28.3. The fourth-order valence-electron chi connectivity index (χ4n) is 1.55. The number of nitrogen functional groups attached to an aromatic ring is 1. The topological polar surface area (TPSA) is 116 Å². The summed E-state index contributed by atoms with van der Waals surface area (Å²) in [6.45, 7) is 2.63. The molecule has 8 nitrogen and oxygen atoms in total. The third kappa shape index (κ3) is 2.88. The minimum atomic E-state index is -3.71. The number of hydrogen-bond acceptors (Lipinski definition) is 6. The molecule has 0 amide bonds. The van der Waals surface area contributed by atoms with Crippen LogP contribution in [0.1, 0.15) is 12.7 Å². The number of nitrogens with zero attached hydrogens (tertiary/aromatic N) is 4. The lowest BCUT2D eigenvalue weighted by molar-refractivity contribution is 0.575. The van der Waals surface area contributed by atoms with Gasteiger partial charge in [-0.25, -0.2) is 18.1 Å². The Morgan fingerprint density at radius 3 is 2.95 bits per heavy atom. The van der Waals surface area contributed by atoms with E-state index in [9.17, 15) is 8.42 Å². The molecule has 3 N–H and O–H groups in total. The van der Waals surface area contributed by atoms with Crippen molar-refractivity contribution in [3.8, 4) is 0 Å². The first-order chi connectivity index (χ1) is 9.04. The van der Waals surface area contributed by atoms with Crippen molar-refractivity contribution in [3.05, 3.63) is 30.5 Å². The molecular formula is C10H14N6O2S. The summed E-state index contributed by atoms with van der Waals surface area (Å²) in [4.78, 5) is 3.71. The number of nitrogens with one attached hydrogen (secondary N) is 1. The van der Waals surface area contributed by atoms with Crippen molar-refractivity contribution in [2.75, 3.05) is 5.73 Å². The van der Waals surface area contributed by atoms with E-state index in [-0.39, 0.29) is 17.3 Å². The second-order valence-electron chi connectivity index (χ2n) is 3.74. The van der Waals surface area contributed by atoms with Gasteiger partial charge in [-0.3, -0.25) is 0 Å². The second-order valence-corrected chi connectivity index (χ2v) is 5.48. The molecule has 2 aromatic heterocycles. The quantitative estimate of drug-likeness (QED) is 0.781. The molecule has 0 aliphatic carbocycles. The zero-order chi connectivity index (χ0) is 13.9. The van der Waals surface area contributed by atoms with Crippen LogP contribution in [0.4, 0.5) is 5.82 Å². The molecular weight excluding hydrogens is 268 g/mol. The van der Waals surface area contributed by atoms with Crippen molar-refractivity contribution < 1.29 is 8.42 Å². The van der Waals surface area contributed by atoms with Crippen molar-refractivity contribution in [1.29, 1.82) is 0 Å². The Morgan fingerprint density at radius 1 is 1.47 bits per heavy atom. The van der Waals surface area contributed by atoms with E-state index < -0.39 is 10.0 Å². The monoisotopic (exact) mass is 282 g/mol. The number of sulfonamides is 1. The zero-order valence-corrected chi connectivity index (χ0v) is 11.1. The van der Waals surface area contributed by atoms with Crippen LogP contribution in [-0.4, -0.2) is 28.2 Å². The smallest absolute Gasteiger partial charge is 0.244 e. The van der Waals surface area contributed by atoms with Gasteiger partial charge in [-0.1, -0.05) is 0 Å². The molecule has 0 saturated carbocycles. The molecule has 0 saturated heterocycles. The SMILES string of the molecule is CCn1cnnc1CNS(=O)(=O)c1cccnc1N. The fourth-order valence-corrected chi connectivity index (χ4v) is 2.61. The molecule has 0 aliphatic heterocycles. The molecule has 2 aromatic rings. The summed E-state index contributed by atoms with van der Waals surface area (Å²) in [5.74, 6) is 0.500. The van der Waals surface area contributed by atoms with Crippen LogP contribution in [-0.2, 0) is 23.1 Å². The molecule has 0 aliphatic rings. The maximum absolute atomic E-state index is 12.1. The van der Waals surface area contributed by atoms with Gasteiger partial charge in [0.2, 0.25) is 10.0 Å². The maximum atomic E-state index is 12.1. The van der Waals surface area contributed by atoms with Gasteiger partial charge in [0.25, 0.3) is 0 Å². The molecule has 2 rings (SSSR count). The summed E-state index contributed by atoms with van der Waals surface area (Å²) in [6, 6.07) is 2.91. The van der Waals surface area contributed by atoms with Crippen LogP contribution >= 0.6 is 0 Å². The highest BCUT2D eigenvalue weighted by Gasteiger charge is 2.18. The number of aryl methyl sites for hydroxylation is 1. The molecule has 0 radical (unpaired) electrons. The molecule has 19 heavy (non-hydrogen) atoms. The Labute approximate surface area is 110 Å². The minimum absolute atomic E-state index is 0.0352. The Kier molecular flexibility index (Phi) is 3.76. The molecule has 0 spiro atoms. The normalized spacial score (nSPS) is 11.6. The first-order valence-corrected chi connectivity index (χ1v) is 7.09.